The van der Waals surface area contributed by atoms with Gasteiger partial charge in [-0.1, -0.05) is 54.6 Å². The van der Waals surface area contributed by atoms with Gasteiger partial charge in [0.25, 0.3) is 0 Å². The van der Waals surface area contributed by atoms with Crippen LogP contribution in [0.25, 0.3) is 21.8 Å². The number of hydrogen-bond donors (Lipinski definition) is 1. The second-order valence-corrected chi connectivity index (χ2v) is 6.30. The van der Waals surface area contributed by atoms with E-state index in [1.165, 1.54) is 32.9 Å². The summed E-state index contributed by atoms with van der Waals surface area (Å²) in [7, 11) is 0. The maximum absolute atomic E-state index is 2.40. The maximum Gasteiger partial charge on any atom is 0.102 e. The Labute approximate surface area is 142 Å². The van der Waals surface area contributed by atoms with Crippen molar-refractivity contribution in [3.63, 3.8) is 0 Å². The number of nitrogens with zero attached hydrogens (tertiary/aromatic N) is 1. The minimum absolute atomic E-state index is 1.00. The third-order valence-corrected chi connectivity index (χ3v) is 4.76. The number of rotatable bonds is 5. The van der Waals surface area contributed by atoms with E-state index in [2.05, 4.69) is 89.6 Å². The number of aromatic nitrogens is 1. The average molecular weight is 315 g/mol. The first-order valence-electron chi connectivity index (χ1n) is 8.72. The fraction of sp³-hybridized carbons (Fsp3) is 0.182. The summed E-state index contributed by atoms with van der Waals surface area (Å²) < 4.78 is 2.40. The summed E-state index contributed by atoms with van der Waals surface area (Å²) in [6.45, 7) is 5.25. The molecule has 0 saturated heterocycles. The molecule has 0 atom stereocenters. The number of nitrogens with two attached hydrogens (primary N) is 1. The molecule has 3 aromatic carbocycles. The SMILES string of the molecule is CCn1c2ccccc2c2cc(C[NH2+]Cc3ccccc3)ccc21. The lowest BCUT2D eigenvalue weighted by atomic mass is 10.1. The number of aryl methyl sites for hydroxylation is 1. The molecule has 0 aliphatic carbocycles. The van der Waals surface area contributed by atoms with Crippen LogP contribution in [-0.4, -0.2) is 4.57 Å². The molecule has 24 heavy (non-hydrogen) atoms. The molecule has 0 unspecified atom stereocenters. The summed E-state index contributed by atoms with van der Waals surface area (Å²) >= 11 is 0. The molecular weight excluding hydrogens is 292 g/mol. The Bertz CT molecular complexity index is 967. The first-order valence-corrected chi connectivity index (χ1v) is 8.72. The van der Waals surface area contributed by atoms with Crippen molar-refractivity contribution in [2.75, 3.05) is 0 Å². The van der Waals surface area contributed by atoms with E-state index < -0.39 is 0 Å². The van der Waals surface area contributed by atoms with E-state index in [4.69, 9.17) is 0 Å². The molecular formula is C22H23N2+. The quantitative estimate of drug-likeness (QED) is 0.573. The Kier molecular flexibility index (Phi) is 4.06. The van der Waals surface area contributed by atoms with Crippen LogP contribution >= 0.6 is 0 Å². The highest BCUT2D eigenvalue weighted by Gasteiger charge is 2.10. The van der Waals surface area contributed by atoms with Crippen LogP contribution in [0.15, 0.2) is 72.8 Å². The van der Waals surface area contributed by atoms with Gasteiger partial charge in [-0.25, -0.2) is 0 Å². The van der Waals surface area contributed by atoms with Gasteiger partial charge >= 0.3 is 0 Å². The Balaban J connectivity index is 1.62. The Morgan fingerprint density at radius 1 is 0.708 bits per heavy atom. The second-order valence-electron chi connectivity index (χ2n) is 6.30. The molecule has 2 N–H and O–H groups in total. The van der Waals surface area contributed by atoms with Gasteiger partial charge in [-0.15, -0.1) is 0 Å². The lowest BCUT2D eigenvalue weighted by Crippen LogP contribution is -2.80. The first-order chi connectivity index (χ1) is 11.9. The van der Waals surface area contributed by atoms with E-state index in [-0.39, 0.29) is 0 Å². The van der Waals surface area contributed by atoms with E-state index in [0.29, 0.717) is 0 Å². The van der Waals surface area contributed by atoms with Crippen molar-refractivity contribution >= 4 is 21.8 Å². The van der Waals surface area contributed by atoms with Crippen molar-refractivity contribution in [1.29, 1.82) is 0 Å². The molecule has 1 heterocycles. The van der Waals surface area contributed by atoms with Crippen LogP contribution < -0.4 is 5.32 Å². The highest BCUT2D eigenvalue weighted by atomic mass is 15.0. The number of para-hydroxylation sites is 1. The molecule has 4 aromatic rings. The van der Waals surface area contributed by atoms with Gasteiger partial charge in [-0.2, -0.15) is 0 Å². The zero-order chi connectivity index (χ0) is 16.4. The van der Waals surface area contributed by atoms with Crippen molar-refractivity contribution < 1.29 is 5.32 Å². The van der Waals surface area contributed by atoms with Crippen LogP contribution in [0.4, 0.5) is 0 Å². The molecule has 0 amide bonds. The third-order valence-electron chi connectivity index (χ3n) is 4.76. The number of quaternary nitrogens is 1. The molecule has 2 nitrogen and oxygen atoms in total. The normalized spacial score (nSPS) is 11.4. The van der Waals surface area contributed by atoms with Crippen molar-refractivity contribution in [1.82, 2.24) is 4.57 Å². The topological polar surface area (TPSA) is 21.5 Å². The highest BCUT2D eigenvalue weighted by Crippen LogP contribution is 2.29. The molecule has 0 saturated carbocycles. The zero-order valence-corrected chi connectivity index (χ0v) is 14.1. The summed E-state index contributed by atoms with van der Waals surface area (Å²) in [4.78, 5) is 0. The van der Waals surface area contributed by atoms with Crippen LogP contribution in [0.2, 0.25) is 0 Å². The smallest absolute Gasteiger partial charge is 0.102 e. The molecule has 0 aliphatic rings. The fourth-order valence-electron chi connectivity index (χ4n) is 3.59. The molecule has 120 valence electrons. The number of hydrogen-bond acceptors (Lipinski definition) is 0. The Morgan fingerprint density at radius 3 is 2.25 bits per heavy atom. The van der Waals surface area contributed by atoms with E-state index in [1.807, 2.05) is 0 Å². The molecule has 4 rings (SSSR count). The number of benzene rings is 3. The van der Waals surface area contributed by atoms with E-state index in [9.17, 15) is 0 Å². The highest BCUT2D eigenvalue weighted by molar-refractivity contribution is 6.08. The maximum atomic E-state index is 2.40. The van der Waals surface area contributed by atoms with Crippen molar-refractivity contribution in [3.8, 4) is 0 Å². The van der Waals surface area contributed by atoms with Gasteiger partial charge in [-0.3, -0.25) is 0 Å². The van der Waals surface area contributed by atoms with Crippen LogP contribution in [0.5, 0.6) is 0 Å². The predicted molar refractivity (Wildman–Crippen MR) is 101 cm³/mol. The average Bonchev–Trinajstić information content (AvgIpc) is 2.96. The molecule has 0 spiro atoms. The van der Waals surface area contributed by atoms with E-state index in [0.717, 1.165) is 19.6 Å². The van der Waals surface area contributed by atoms with Crippen molar-refractivity contribution in [3.05, 3.63) is 83.9 Å². The molecule has 0 fully saturated rings. The van der Waals surface area contributed by atoms with Gasteiger partial charge in [0.05, 0.1) is 0 Å². The minimum Gasteiger partial charge on any atom is -0.341 e. The zero-order valence-electron chi connectivity index (χ0n) is 14.1. The van der Waals surface area contributed by atoms with Crippen LogP contribution in [0.3, 0.4) is 0 Å². The van der Waals surface area contributed by atoms with Gasteiger partial charge in [0.2, 0.25) is 0 Å². The minimum atomic E-state index is 1.00. The monoisotopic (exact) mass is 315 g/mol. The second kappa shape index (κ2) is 6.50. The molecule has 2 heteroatoms. The van der Waals surface area contributed by atoms with Gasteiger partial charge in [0, 0.05) is 39.5 Å². The third kappa shape index (κ3) is 2.70. The van der Waals surface area contributed by atoms with Crippen LogP contribution in [-0.2, 0) is 19.6 Å². The predicted octanol–water partition coefficient (Wildman–Crippen LogP) is 4.08. The van der Waals surface area contributed by atoms with Crippen molar-refractivity contribution in [2.45, 2.75) is 26.6 Å². The van der Waals surface area contributed by atoms with Gasteiger partial charge in [0.15, 0.2) is 0 Å². The number of fused-ring (bicyclic) bond motifs is 3. The van der Waals surface area contributed by atoms with Crippen LogP contribution in [0.1, 0.15) is 18.1 Å². The fourth-order valence-corrected chi connectivity index (χ4v) is 3.59. The summed E-state index contributed by atoms with van der Waals surface area (Å²) in [6, 6.07) is 26.3. The summed E-state index contributed by atoms with van der Waals surface area (Å²) in [5.41, 5.74) is 5.43. The summed E-state index contributed by atoms with van der Waals surface area (Å²) in [5.74, 6) is 0. The van der Waals surface area contributed by atoms with Crippen LogP contribution in [0, 0.1) is 0 Å². The van der Waals surface area contributed by atoms with E-state index in [1.54, 1.807) is 0 Å². The van der Waals surface area contributed by atoms with Crippen molar-refractivity contribution in [2.24, 2.45) is 0 Å². The molecule has 0 radical (unpaired) electrons. The van der Waals surface area contributed by atoms with Gasteiger partial charge < -0.3 is 9.88 Å². The standard InChI is InChI=1S/C22H22N2/c1-2-24-21-11-7-6-10-19(21)20-14-18(12-13-22(20)24)16-23-15-17-8-4-3-5-9-17/h3-14,23H,2,15-16H2,1H3/p+1. The Hall–Kier alpha value is -2.58. The lowest BCUT2D eigenvalue weighted by molar-refractivity contribution is -0.686. The summed E-state index contributed by atoms with van der Waals surface area (Å²) in [5, 5.41) is 5.10. The van der Waals surface area contributed by atoms with E-state index >= 15 is 0 Å². The first kappa shape index (κ1) is 15.0. The lowest BCUT2D eigenvalue weighted by Gasteiger charge is -2.05. The summed E-state index contributed by atoms with van der Waals surface area (Å²) in [6.07, 6.45) is 0. The molecule has 0 bridgehead atoms. The Morgan fingerprint density at radius 2 is 1.42 bits per heavy atom. The largest absolute Gasteiger partial charge is 0.341 e. The van der Waals surface area contributed by atoms with Gasteiger partial charge in [0.1, 0.15) is 13.1 Å². The molecule has 0 aliphatic heterocycles. The molecule has 1 aromatic heterocycles. The van der Waals surface area contributed by atoms with Gasteiger partial charge in [-0.05, 0) is 25.1 Å².